The Bertz CT molecular complexity index is 854. The van der Waals surface area contributed by atoms with E-state index < -0.39 is 0 Å². The van der Waals surface area contributed by atoms with Crippen molar-refractivity contribution in [1.29, 1.82) is 0 Å². The Morgan fingerprint density at radius 1 is 0.432 bits per heavy atom. The van der Waals surface area contributed by atoms with Crippen molar-refractivity contribution in [2.45, 2.75) is 213 Å². The minimum atomic E-state index is 1.15. The van der Waals surface area contributed by atoms with Crippen molar-refractivity contribution in [3.8, 4) is 11.4 Å². The molecule has 0 radical (unpaired) electrons. The molecule has 0 aliphatic carbocycles. The van der Waals surface area contributed by atoms with E-state index >= 15 is 0 Å². The number of benzene rings is 1. The summed E-state index contributed by atoms with van der Waals surface area (Å²) in [6.45, 7) is 6.91. The SMILES string of the molecule is CCCCCCCCCCCCCCCCC[n+]1ccn(CCCCCCCCCCCCCCCC)c1-c1ccccc1. The van der Waals surface area contributed by atoms with Crippen LogP contribution in [0.15, 0.2) is 42.7 Å². The fourth-order valence-electron chi connectivity index (χ4n) is 6.88. The topological polar surface area (TPSA) is 8.81 Å². The van der Waals surface area contributed by atoms with Crippen LogP contribution in [0.3, 0.4) is 0 Å². The Kier molecular flexibility index (Phi) is 25.3. The van der Waals surface area contributed by atoms with Crippen LogP contribution in [0.4, 0.5) is 0 Å². The van der Waals surface area contributed by atoms with Gasteiger partial charge in [-0.3, -0.25) is 0 Å². The first-order valence-electron chi connectivity index (χ1n) is 20.0. The number of rotatable bonds is 32. The van der Waals surface area contributed by atoms with Gasteiger partial charge in [-0.2, -0.15) is 0 Å². The van der Waals surface area contributed by atoms with Gasteiger partial charge < -0.3 is 0 Å². The van der Waals surface area contributed by atoms with Crippen molar-refractivity contribution in [3.63, 3.8) is 0 Å². The molecule has 2 rings (SSSR count). The van der Waals surface area contributed by atoms with Gasteiger partial charge in [-0.25, -0.2) is 9.13 Å². The van der Waals surface area contributed by atoms with E-state index in [-0.39, 0.29) is 0 Å². The van der Waals surface area contributed by atoms with Gasteiger partial charge in [0, 0.05) is 0 Å². The average Bonchev–Trinajstić information content (AvgIpc) is 3.45. The maximum Gasteiger partial charge on any atom is 0.288 e. The molecule has 0 fully saturated rings. The summed E-state index contributed by atoms with van der Waals surface area (Å²) in [4.78, 5) is 0. The number of imidazole rings is 1. The minimum absolute atomic E-state index is 1.15. The highest BCUT2D eigenvalue weighted by atomic mass is 15.1. The maximum absolute atomic E-state index is 2.53. The van der Waals surface area contributed by atoms with Crippen molar-refractivity contribution in [2.75, 3.05) is 0 Å². The highest BCUT2D eigenvalue weighted by Crippen LogP contribution is 2.19. The molecule has 2 aromatic rings. The second-order valence-corrected chi connectivity index (χ2v) is 13.9. The summed E-state index contributed by atoms with van der Waals surface area (Å²) in [6, 6.07) is 11.1. The van der Waals surface area contributed by atoms with Crippen LogP contribution in [0.5, 0.6) is 0 Å². The van der Waals surface area contributed by atoms with E-state index in [4.69, 9.17) is 0 Å². The number of nitrogens with zero attached hydrogens (tertiary/aromatic N) is 2. The Morgan fingerprint density at radius 2 is 0.795 bits per heavy atom. The third-order valence-corrected chi connectivity index (χ3v) is 9.76. The van der Waals surface area contributed by atoms with Crippen LogP contribution in [0.25, 0.3) is 11.4 Å². The number of unbranched alkanes of at least 4 members (excludes halogenated alkanes) is 27. The molecule has 1 aromatic heterocycles. The first-order chi connectivity index (χ1) is 21.9. The van der Waals surface area contributed by atoms with Gasteiger partial charge in [0.25, 0.3) is 5.82 Å². The predicted molar refractivity (Wildman–Crippen MR) is 195 cm³/mol. The zero-order valence-electron chi connectivity index (χ0n) is 29.9. The summed E-state index contributed by atoms with van der Waals surface area (Å²) in [5.41, 5.74) is 1.36. The minimum Gasteiger partial charge on any atom is -0.230 e. The Balaban J connectivity index is 1.54. The fourth-order valence-corrected chi connectivity index (χ4v) is 6.88. The smallest absolute Gasteiger partial charge is 0.230 e. The van der Waals surface area contributed by atoms with E-state index in [0.717, 1.165) is 13.1 Å². The van der Waals surface area contributed by atoms with E-state index in [2.05, 4.69) is 65.7 Å². The second kappa shape index (κ2) is 28.9. The summed E-state index contributed by atoms with van der Waals surface area (Å²) < 4.78 is 5.06. The average molecular weight is 608 g/mol. The quantitative estimate of drug-likeness (QED) is 0.0578. The van der Waals surface area contributed by atoms with Crippen molar-refractivity contribution in [3.05, 3.63) is 42.7 Å². The van der Waals surface area contributed by atoms with Crippen LogP contribution in [0.2, 0.25) is 0 Å². The lowest BCUT2D eigenvalue weighted by Gasteiger charge is -2.07. The van der Waals surface area contributed by atoms with E-state index in [1.807, 2.05) is 0 Å². The molecule has 0 saturated heterocycles. The molecule has 0 aliphatic rings. The second-order valence-electron chi connectivity index (χ2n) is 13.9. The van der Waals surface area contributed by atoms with Crippen LogP contribution in [0.1, 0.15) is 200 Å². The lowest BCUT2D eigenvalue weighted by Crippen LogP contribution is -2.34. The van der Waals surface area contributed by atoms with Crippen LogP contribution < -0.4 is 4.57 Å². The van der Waals surface area contributed by atoms with Crippen LogP contribution in [-0.2, 0) is 13.1 Å². The fraction of sp³-hybridized carbons (Fsp3) is 0.786. The van der Waals surface area contributed by atoms with Crippen molar-refractivity contribution < 1.29 is 4.57 Å². The molecule has 0 bridgehead atoms. The third-order valence-electron chi connectivity index (χ3n) is 9.76. The Morgan fingerprint density at radius 3 is 1.20 bits per heavy atom. The molecule has 252 valence electrons. The molecular formula is C42H75N2+. The first kappa shape index (κ1) is 38.6. The Hall–Kier alpha value is -1.57. The number of hydrogen-bond acceptors (Lipinski definition) is 0. The third kappa shape index (κ3) is 19.7. The van der Waals surface area contributed by atoms with E-state index in [1.165, 1.54) is 198 Å². The van der Waals surface area contributed by atoms with Crippen LogP contribution in [-0.4, -0.2) is 4.57 Å². The monoisotopic (exact) mass is 608 g/mol. The number of hydrogen-bond donors (Lipinski definition) is 0. The Labute approximate surface area is 275 Å². The number of aromatic nitrogens is 2. The zero-order valence-corrected chi connectivity index (χ0v) is 29.9. The van der Waals surface area contributed by atoms with Crippen LogP contribution in [0, 0.1) is 0 Å². The van der Waals surface area contributed by atoms with E-state index in [0.29, 0.717) is 0 Å². The van der Waals surface area contributed by atoms with Crippen molar-refractivity contribution in [1.82, 2.24) is 4.57 Å². The summed E-state index contributed by atoms with van der Waals surface area (Å²) in [7, 11) is 0. The standard InChI is InChI=1S/C42H75N2/c1-3-5-7-9-11-13-15-17-19-21-23-25-27-29-34-38-44-40-39-43(42(44)41-35-31-30-32-36-41)37-33-28-26-24-22-20-18-16-14-12-10-8-6-4-2/h30-32,35-36,39-40H,3-29,33-34,37-38H2,1-2H3/q+1. The van der Waals surface area contributed by atoms with Gasteiger partial charge in [-0.05, 0) is 37.8 Å². The highest BCUT2D eigenvalue weighted by Gasteiger charge is 2.18. The van der Waals surface area contributed by atoms with Gasteiger partial charge in [-0.15, -0.1) is 0 Å². The van der Waals surface area contributed by atoms with Gasteiger partial charge in [0.05, 0.1) is 18.7 Å². The largest absolute Gasteiger partial charge is 0.288 e. The molecular weight excluding hydrogens is 532 g/mol. The molecule has 44 heavy (non-hydrogen) atoms. The molecule has 0 spiro atoms. The molecule has 0 N–H and O–H groups in total. The normalized spacial score (nSPS) is 11.5. The maximum atomic E-state index is 2.53. The van der Waals surface area contributed by atoms with Crippen molar-refractivity contribution >= 4 is 0 Å². The molecule has 0 saturated carbocycles. The molecule has 0 aliphatic heterocycles. The lowest BCUT2D eigenvalue weighted by atomic mass is 10.0. The number of aryl methyl sites for hydroxylation is 2. The molecule has 1 heterocycles. The molecule has 2 heteroatoms. The zero-order chi connectivity index (χ0) is 31.2. The van der Waals surface area contributed by atoms with E-state index in [1.54, 1.807) is 0 Å². The van der Waals surface area contributed by atoms with Crippen molar-refractivity contribution in [2.24, 2.45) is 0 Å². The molecule has 0 atom stereocenters. The van der Waals surface area contributed by atoms with Gasteiger partial charge in [0.1, 0.15) is 12.4 Å². The summed E-state index contributed by atoms with van der Waals surface area (Å²) in [5, 5.41) is 0. The summed E-state index contributed by atoms with van der Waals surface area (Å²) >= 11 is 0. The van der Waals surface area contributed by atoms with Gasteiger partial charge >= 0.3 is 0 Å². The van der Waals surface area contributed by atoms with Gasteiger partial charge in [0.2, 0.25) is 0 Å². The first-order valence-corrected chi connectivity index (χ1v) is 20.0. The van der Waals surface area contributed by atoms with E-state index in [9.17, 15) is 0 Å². The molecule has 0 amide bonds. The predicted octanol–water partition coefficient (Wildman–Crippen LogP) is 13.8. The summed E-state index contributed by atoms with van der Waals surface area (Å²) in [5.74, 6) is 1.41. The lowest BCUT2D eigenvalue weighted by molar-refractivity contribution is -0.686. The molecule has 0 unspecified atom stereocenters. The van der Waals surface area contributed by atoms with Crippen LogP contribution >= 0.6 is 0 Å². The molecule has 1 aromatic carbocycles. The molecule has 2 nitrogen and oxygen atoms in total. The van der Waals surface area contributed by atoms with Gasteiger partial charge in [0.15, 0.2) is 0 Å². The van der Waals surface area contributed by atoms with Gasteiger partial charge in [-0.1, -0.05) is 193 Å². The highest BCUT2D eigenvalue weighted by molar-refractivity contribution is 5.52. The summed E-state index contributed by atoms with van der Waals surface area (Å²) in [6.07, 6.45) is 46.0.